The summed E-state index contributed by atoms with van der Waals surface area (Å²) in [6.07, 6.45) is 0.780. The predicted molar refractivity (Wildman–Crippen MR) is 101 cm³/mol. The van der Waals surface area contributed by atoms with Crippen LogP contribution in [0.3, 0.4) is 0 Å². The van der Waals surface area contributed by atoms with E-state index in [0.717, 1.165) is 28.6 Å². The molecule has 2 heterocycles. The molecule has 0 saturated carbocycles. The van der Waals surface area contributed by atoms with Crippen molar-refractivity contribution in [3.63, 3.8) is 0 Å². The standard InChI is InChI=1S/C20H19ClN2O3/c1-25-18-8-12-6-7-23(11-13(12)9-19(18)26-2)20(24)17-10-14-15(21)4-3-5-16(14)22-17/h3-5,8-10,22H,6-7,11H2,1-2H3. The van der Waals surface area contributed by atoms with Gasteiger partial charge in [-0.2, -0.15) is 0 Å². The van der Waals surface area contributed by atoms with Gasteiger partial charge in [0.05, 0.1) is 14.2 Å². The number of H-pyrrole nitrogens is 1. The molecule has 0 aliphatic carbocycles. The van der Waals surface area contributed by atoms with Crippen LogP contribution in [-0.2, 0) is 13.0 Å². The number of aromatic amines is 1. The molecular weight excluding hydrogens is 352 g/mol. The van der Waals surface area contributed by atoms with E-state index < -0.39 is 0 Å². The number of nitrogens with one attached hydrogen (secondary N) is 1. The Morgan fingerprint density at radius 2 is 1.85 bits per heavy atom. The Hall–Kier alpha value is -2.66. The van der Waals surface area contributed by atoms with Crippen LogP contribution in [0.25, 0.3) is 10.9 Å². The van der Waals surface area contributed by atoms with Crippen LogP contribution in [0, 0.1) is 0 Å². The van der Waals surface area contributed by atoms with Crippen molar-refractivity contribution in [2.45, 2.75) is 13.0 Å². The van der Waals surface area contributed by atoms with Gasteiger partial charge in [-0.15, -0.1) is 0 Å². The topological polar surface area (TPSA) is 54.6 Å². The van der Waals surface area contributed by atoms with Gasteiger partial charge in [0.15, 0.2) is 11.5 Å². The Morgan fingerprint density at radius 3 is 2.54 bits per heavy atom. The van der Waals surface area contributed by atoms with Crippen LogP contribution in [0.15, 0.2) is 36.4 Å². The van der Waals surface area contributed by atoms with Gasteiger partial charge in [0.25, 0.3) is 5.91 Å². The van der Waals surface area contributed by atoms with Gasteiger partial charge in [0.1, 0.15) is 5.69 Å². The molecule has 26 heavy (non-hydrogen) atoms. The Labute approximate surface area is 156 Å². The molecule has 2 aromatic carbocycles. The van der Waals surface area contributed by atoms with Gasteiger partial charge in [0, 0.05) is 29.0 Å². The van der Waals surface area contributed by atoms with Gasteiger partial charge in [-0.05, 0) is 47.9 Å². The summed E-state index contributed by atoms with van der Waals surface area (Å²) in [5, 5.41) is 1.50. The Bertz CT molecular complexity index is 996. The highest BCUT2D eigenvalue weighted by Crippen LogP contribution is 2.33. The summed E-state index contributed by atoms with van der Waals surface area (Å²) in [5.74, 6) is 1.37. The Kier molecular flexibility index (Phi) is 4.24. The lowest BCUT2D eigenvalue weighted by molar-refractivity contribution is 0.0729. The van der Waals surface area contributed by atoms with Gasteiger partial charge >= 0.3 is 0 Å². The van der Waals surface area contributed by atoms with Crippen molar-refractivity contribution < 1.29 is 14.3 Å². The number of hydrogen-bond donors (Lipinski definition) is 1. The number of methoxy groups -OCH3 is 2. The molecule has 0 atom stereocenters. The molecule has 1 N–H and O–H groups in total. The van der Waals surface area contributed by atoms with Crippen LogP contribution < -0.4 is 9.47 Å². The second-order valence-corrected chi connectivity index (χ2v) is 6.74. The fraction of sp³-hybridized carbons (Fsp3) is 0.250. The van der Waals surface area contributed by atoms with E-state index in [4.69, 9.17) is 21.1 Å². The van der Waals surface area contributed by atoms with Gasteiger partial charge < -0.3 is 19.4 Å². The summed E-state index contributed by atoms with van der Waals surface area (Å²) < 4.78 is 10.8. The number of carbonyl (C=O) groups is 1. The lowest BCUT2D eigenvalue weighted by Gasteiger charge is -2.29. The molecule has 1 aromatic heterocycles. The van der Waals surface area contributed by atoms with E-state index in [0.29, 0.717) is 29.6 Å². The number of amides is 1. The summed E-state index contributed by atoms with van der Waals surface area (Å²) in [6.45, 7) is 1.20. The third-order valence-corrected chi connectivity index (χ3v) is 5.18. The molecule has 0 unspecified atom stereocenters. The monoisotopic (exact) mass is 370 g/mol. The van der Waals surface area contributed by atoms with E-state index in [1.807, 2.05) is 41.3 Å². The second kappa shape index (κ2) is 6.57. The smallest absolute Gasteiger partial charge is 0.270 e. The minimum absolute atomic E-state index is 0.0299. The van der Waals surface area contributed by atoms with Crippen LogP contribution in [0.4, 0.5) is 0 Å². The van der Waals surface area contributed by atoms with Gasteiger partial charge in [-0.3, -0.25) is 4.79 Å². The number of aromatic nitrogens is 1. The van der Waals surface area contributed by atoms with Gasteiger partial charge in [0.2, 0.25) is 0 Å². The van der Waals surface area contributed by atoms with Crippen LogP contribution in [-0.4, -0.2) is 36.6 Å². The molecule has 134 valence electrons. The molecule has 0 bridgehead atoms. The number of benzene rings is 2. The van der Waals surface area contributed by atoms with E-state index in [9.17, 15) is 4.79 Å². The van der Waals surface area contributed by atoms with Gasteiger partial charge in [-0.1, -0.05) is 17.7 Å². The van der Waals surface area contributed by atoms with E-state index in [-0.39, 0.29) is 5.91 Å². The fourth-order valence-electron chi connectivity index (χ4n) is 3.46. The molecule has 0 spiro atoms. The molecule has 1 aliphatic heterocycles. The average molecular weight is 371 g/mol. The van der Waals surface area contributed by atoms with Crippen LogP contribution in [0.5, 0.6) is 11.5 Å². The summed E-state index contributed by atoms with van der Waals surface area (Å²) in [5.41, 5.74) is 3.68. The van der Waals surface area contributed by atoms with E-state index in [2.05, 4.69) is 4.98 Å². The fourth-order valence-corrected chi connectivity index (χ4v) is 3.69. The number of ether oxygens (including phenoxy) is 2. The van der Waals surface area contributed by atoms with Crippen LogP contribution in [0.2, 0.25) is 5.02 Å². The quantitative estimate of drug-likeness (QED) is 0.757. The maximum atomic E-state index is 13.0. The van der Waals surface area contributed by atoms with Crippen molar-refractivity contribution in [1.29, 1.82) is 0 Å². The molecule has 1 aliphatic rings. The first kappa shape index (κ1) is 16.8. The third kappa shape index (κ3) is 2.78. The highest BCUT2D eigenvalue weighted by atomic mass is 35.5. The average Bonchev–Trinajstić information content (AvgIpc) is 3.11. The number of carbonyl (C=O) groups excluding carboxylic acids is 1. The van der Waals surface area contributed by atoms with Crippen molar-refractivity contribution in [1.82, 2.24) is 9.88 Å². The first-order chi connectivity index (χ1) is 12.6. The molecule has 0 radical (unpaired) electrons. The molecule has 0 fully saturated rings. The van der Waals surface area contributed by atoms with Crippen LogP contribution >= 0.6 is 11.6 Å². The number of halogens is 1. The van der Waals surface area contributed by atoms with Crippen LogP contribution in [0.1, 0.15) is 21.6 Å². The molecule has 5 nitrogen and oxygen atoms in total. The largest absolute Gasteiger partial charge is 0.493 e. The lowest BCUT2D eigenvalue weighted by atomic mass is 9.98. The van der Waals surface area contributed by atoms with Crippen molar-refractivity contribution in [2.75, 3.05) is 20.8 Å². The second-order valence-electron chi connectivity index (χ2n) is 6.34. The summed E-state index contributed by atoms with van der Waals surface area (Å²) >= 11 is 6.22. The molecule has 0 saturated heterocycles. The SMILES string of the molecule is COc1cc2c(cc1OC)CN(C(=O)c1cc3c(Cl)cccc3[nH]1)CC2. The van der Waals surface area contributed by atoms with Crippen molar-refractivity contribution >= 4 is 28.4 Å². The maximum absolute atomic E-state index is 13.0. The lowest BCUT2D eigenvalue weighted by Crippen LogP contribution is -2.36. The minimum Gasteiger partial charge on any atom is -0.493 e. The number of rotatable bonds is 3. The molecule has 4 rings (SSSR count). The highest BCUT2D eigenvalue weighted by Gasteiger charge is 2.25. The first-order valence-electron chi connectivity index (χ1n) is 8.41. The van der Waals surface area contributed by atoms with E-state index >= 15 is 0 Å². The van der Waals surface area contributed by atoms with Crippen molar-refractivity contribution in [3.05, 3.63) is 58.2 Å². The Balaban J connectivity index is 1.63. The zero-order valence-electron chi connectivity index (χ0n) is 14.6. The summed E-state index contributed by atoms with van der Waals surface area (Å²) in [6, 6.07) is 11.4. The van der Waals surface area contributed by atoms with Crippen molar-refractivity contribution in [3.8, 4) is 11.5 Å². The third-order valence-electron chi connectivity index (χ3n) is 4.85. The van der Waals surface area contributed by atoms with Gasteiger partial charge in [-0.25, -0.2) is 0 Å². The highest BCUT2D eigenvalue weighted by molar-refractivity contribution is 6.35. The molecule has 1 amide bonds. The molecule has 3 aromatic rings. The molecule has 6 heteroatoms. The normalized spacial score (nSPS) is 13.6. The number of hydrogen-bond acceptors (Lipinski definition) is 3. The summed E-state index contributed by atoms with van der Waals surface area (Å²) in [4.78, 5) is 18.0. The maximum Gasteiger partial charge on any atom is 0.270 e. The van der Waals surface area contributed by atoms with E-state index in [1.54, 1.807) is 14.2 Å². The van der Waals surface area contributed by atoms with E-state index in [1.165, 1.54) is 5.56 Å². The minimum atomic E-state index is -0.0299. The number of nitrogens with zero attached hydrogens (tertiary/aromatic N) is 1. The first-order valence-corrected chi connectivity index (χ1v) is 8.79. The summed E-state index contributed by atoms with van der Waals surface area (Å²) in [7, 11) is 3.24. The zero-order chi connectivity index (χ0) is 18.3. The zero-order valence-corrected chi connectivity index (χ0v) is 15.4. The predicted octanol–water partition coefficient (Wildman–Crippen LogP) is 4.04. The van der Waals surface area contributed by atoms with Crippen molar-refractivity contribution in [2.24, 2.45) is 0 Å². The molecular formula is C20H19ClN2O3. The number of fused-ring (bicyclic) bond motifs is 2. The Morgan fingerprint density at radius 1 is 1.12 bits per heavy atom.